The Hall–Kier alpha value is -3.36. The summed E-state index contributed by atoms with van der Waals surface area (Å²) in [5, 5.41) is 5.70. The van der Waals surface area contributed by atoms with Crippen LogP contribution in [0.15, 0.2) is 30.7 Å². The van der Waals surface area contributed by atoms with Crippen molar-refractivity contribution < 1.29 is 19.1 Å². The molecule has 0 radical (unpaired) electrons. The van der Waals surface area contributed by atoms with Crippen molar-refractivity contribution in [1.82, 2.24) is 25.1 Å². The van der Waals surface area contributed by atoms with Gasteiger partial charge in [-0.25, -0.2) is 4.98 Å². The molecule has 0 saturated carbocycles. The maximum absolute atomic E-state index is 13.1. The number of hydrogen-bond acceptors (Lipinski definition) is 5. The van der Waals surface area contributed by atoms with Gasteiger partial charge in [0, 0.05) is 45.7 Å². The normalized spacial score (nSPS) is 22.8. The number of aryl methyl sites for hydroxylation is 2. The number of nitrogens with one attached hydrogen (secondary N) is 2. The molecule has 1 saturated heterocycles. The molecular weight excluding hydrogens is 434 g/mol. The number of ether oxygens (including phenoxy) is 1. The van der Waals surface area contributed by atoms with E-state index in [0.717, 1.165) is 42.7 Å². The maximum atomic E-state index is 13.1. The Kier molecular flexibility index (Phi) is 7.49. The monoisotopic (exact) mass is 467 g/mol. The standard InChI is InChI=1S/C25H33N5O4/c1-17-5-6-20-12-19(17)13-26-25(33)24(21-15-29(2)16-27-21)28-22(31)7-8-23(32)30-10-3-4-18(14-30)9-11-34-20/h5-6,12,15-16,18,24H,3-4,7-11,13-14H2,1-2H3,(H,26,33)(H,28,31). The van der Waals surface area contributed by atoms with Gasteiger partial charge in [0.05, 0.1) is 18.6 Å². The van der Waals surface area contributed by atoms with Crippen molar-refractivity contribution in [3.05, 3.63) is 47.5 Å². The third-order valence-electron chi connectivity index (χ3n) is 6.59. The lowest BCUT2D eigenvalue weighted by Crippen LogP contribution is -2.42. The quantitative estimate of drug-likeness (QED) is 0.668. The predicted octanol–water partition coefficient (Wildman–Crippen LogP) is 2.00. The molecule has 2 unspecified atom stereocenters. The second kappa shape index (κ2) is 10.7. The first-order chi connectivity index (χ1) is 16.4. The lowest BCUT2D eigenvalue weighted by Gasteiger charge is -2.33. The van der Waals surface area contributed by atoms with E-state index in [2.05, 4.69) is 15.6 Å². The summed E-state index contributed by atoms with van der Waals surface area (Å²) in [4.78, 5) is 44.7. The Morgan fingerprint density at radius 3 is 2.79 bits per heavy atom. The highest BCUT2D eigenvalue weighted by Gasteiger charge is 2.27. The van der Waals surface area contributed by atoms with Crippen molar-refractivity contribution in [1.29, 1.82) is 0 Å². The molecule has 4 rings (SSSR count). The van der Waals surface area contributed by atoms with Crippen LogP contribution in [0.1, 0.15) is 55.0 Å². The van der Waals surface area contributed by atoms with Crippen LogP contribution in [0.2, 0.25) is 0 Å². The average molecular weight is 468 g/mol. The van der Waals surface area contributed by atoms with Gasteiger partial charge in [-0.2, -0.15) is 0 Å². The summed E-state index contributed by atoms with van der Waals surface area (Å²) >= 11 is 0. The minimum absolute atomic E-state index is 0.0242. The lowest BCUT2D eigenvalue weighted by molar-refractivity contribution is -0.135. The first-order valence-corrected chi connectivity index (χ1v) is 11.9. The summed E-state index contributed by atoms with van der Waals surface area (Å²) in [6.07, 6.45) is 6.34. The predicted molar refractivity (Wildman–Crippen MR) is 126 cm³/mol. The van der Waals surface area contributed by atoms with E-state index in [0.29, 0.717) is 31.3 Å². The van der Waals surface area contributed by atoms with Crippen LogP contribution in [0.25, 0.3) is 0 Å². The van der Waals surface area contributed by atoms with Gasteiger partial charge in [0.25, 0.3) is 0 Å². The van der Waals surface area contributed by atoms with E-state index in [-0.39, 0.29) is 30.6 Å². The van der Waals surface area contributed by atoms with E-state index in [1.165, 1.54) is 0 Å². The van der Waals surface area contributed by atoms with Gasteiger partial charge in [-0.15, -0.1) is 0 Å². The van der Waals surface area contributed by atoms with Crippen LogP contribution in [0.4, 0.5) is 0 Å². The summed E-state index contributed by atoms with van der Waals surface area (Å²) in [7, 11) is 1.80. The number of amides is 3. The van der Waals surface area contributed by atoms with E-state index in [4.69, 9.17) is 4.74 Å². The number of nitrogens with zero attached hydrogens (tertiary/aromatic N) is 3. The molecule has 1 fully saturated rings. The minimum atomic E-state index is -0.943. The topological polar surface area (TPSA) is 106 Å². The first kappa shape index (κ1) is 23.8. The Balaban J connectivity index is 1.56. The van der Waals surface area contributed by atoms with Gasteiger partial charge in [0.15, 0.2) is 6.04 Å². The molecule has 0 aliphatic carbocycles. The van der Waals surface area contributed by atoms with Crippen LogP contribution in [0, 0.1) is 12.8 Å². The van der Waals surface area contributed by atoms with Crippen LogP contribution in [0.5, 0.6) is 5.75 Å². The van der Waals surface area contributed by atoms with Gasteiger partial charge in [0.2, 0.25) is 17.7 Å². The average Bonchev–Trinajstić information content (AvgIpc) is 3.26. The molecule has 2 aliphatic heterocycles. The van der Waals surface area contributed by atoms with Gasteiger partial charge < -0.3 is 24.8 Å². The highest BCUT2D eigenvalue weighted by atomic mass is 16.5. The molecule has 9 nitrogen and oxygen atoms in total. The van der Waals surface area contributed by atoms with Crippen molar-refractivity contribution in [3.8, 4) is 5.75 Å². The number of carbonyl (C=O) groups is 3. The summed E-state index contributed by atoms with van der Waals surface area (Å²) in [5.41, 5.74) is 2.44. The number of aromatic nitrogens is 2. The Morgan fingerprint density at radius 2 is 2.00 bits per heavy atom. The Bertz CT molecular complexity index is 1050. The molecule has 3 heterocycles. The molecule has 2 atom stereocenters. The zero-order chi connectivity index (χ0) is 24.1. The molecule has 9 heteroatoms. The fraction of sp³-hybridized carbons (Fsp3) is 0.520. The summed E-state index contributed by atoms with van der Waals surface area (Å²) in [6, 6.07) is 4.92. The number of fused-ring (bicyclic) bond motifs is 4. The van der Waals surface area contributed by atoms with Gasteiger partial charge in [-0.3, -0.25) is 14.4 Å². The van der Waals surface area contributed by atoms with E-state index in [1.807, 2.05) is 30.0 Å². The maximum Gasteiger partial charge on any atom is 0.249 e. The molecule has 1 aromatic heterocycles. The molecule has 2 aliphatic rings. The fourth-order valence-electron chi connectivity index (χ4n) is 4.55. The van der Waals surface area contributed by atoms with Gasteiger partial charge in [-0.1, -0.05) is 6.07 Å². The van der Waals surface area contributed by atoms with Gasteiger partial charge in [0.1, 0.15) is 5.75 Å². The second-order valence-corrected chi connectivity index (χ2v) is 9.26. The molecule has 4 bridgehead atoms. The minimum Gasteiger partial charge on any atom is -0.494 e. The van der Waals surface area contributed by atoms with E-state index in [9.17, 15) is 14.4 Å². The first-order valence-electron chi connectivity index (χ1n) is 11.9. The van der Waals surface area contributed by atoms with Crippen molar-refractivity contribution >= 4 is 17.7 Å². The smallest absolute Gasteiger partial charge is 0.249 e. The van der Waals surface area contributed by atoms with Crippen LogP contribution in [0.3, 0.4) is 0 Å². The van der Waals surface area contributed by atoms with Crippen molar-refractivity contribution in [2.24, 2.45) is 13.0 Å². The highest BCUT2D eigenvalue weighted by Crippen LogP contribution is 2.23. The fourth-order valence-corrected chi connectivity index (χ4v) is 4.55. The number of rotatable bonds is 1. The summed E-state index contributed by atoms with van der Waals surface area (Å²) in [6.45, 7) is 4.28. The molecule has 2 N–H and O–H groups in total. The zero-order valence-electron chi connectivity index (χ0n) is 19.9. The number of imidazole rings is 1. The van der Waals surface area contributed by atoms with E-state index >= 15 is 0 Å². The van der Waals surface area contributed by atoms with E-state index in [1.54, 1.807) is 24.1 Å². The van der Waals surface area contributed by atoms with Gasteiger partial charge in [-0.05, 0) is 55.4 Å². The molecule has 0 spiro atoms. The number of piperidine rings is 1. The lowest BCUT2D eigenvalue weighted by atomic mass is 9.95. The molecule has 182 valence electrons. The number of hydrogen-bond donors (Lipinski definition) is 2. The van der Waals surface area contributed by atoms with Crippen LogP contribution < -0.4 is 15.4 Å². The third-order valence-corrected chi connectivity index (χ3v) is 6.59. The molecule has 2 aromatic rings. The summed E-state index contributed by atoms with van der Waals surface area (Å²) < 4.78 is 7.74. The summed E-state index contributed by atoms with van der Waals surface area (Å²) in [5.74, 6) is 0.422. The molecular formula is C25H33N5O4. The van der Waals surface area contributed by atoms with E-state index < -0.39 is 6.04 Å². The second-order valence-electron chi connectivity index (χ2n) is 9.26. The largest absolute Gasteiger partial charge is 0.494 e. The van der Waals surface area contributed by atoms with Crippen molar-refractivity contribution in [2.75, 3.05) is 19.7 Å². The number of benzene rings is 1. The zero-order valence-corrected chi connectivity index (χ0v) is 19.9. The Labute approximate surface area is 199 Å². The molecule has 3 amide bonds. The molecule has 1 aromatic carbocycles. The van der Waals surface area contributed by atoms with Gasteiger partial charge >= 0.3 is 0 Å². The van der Waals surface area contributed by atoms with Crippen LogP contribution in [-0.4, -0.2) is 51.9 Å². The Morgan fingerprint density at radius 1 is 1.15 bits per heavy atom. The number of carbonyl (C=O) groups excluding carboxylic acids is 3. The van der Waals surface area contributed by atoms with Crippen molar-refractivity contribution in [2.45, 2.75) is 51.6 Å². The molecule has 34 heavy (non-hydrogen) atoms. The van der Waals surface area contributed by atoms with Crippen LogP contribution in [-0.2, 0) is 28.0 Å². The SMILES string of the molecule is Cc1ccc2cc1CNC(=O)C(c1cn(C)cn1)NC(=O)CCC(=O)N1CCCC(CCO2)C1. The highest BCUT2D eigenvalue weighted by molar-refractivity contribution is 5.89. The van der Waals surface area contributed by atoms with Crippen LogP contribution >= 0.6 is 0 Å². The third kappa shape index (κ3) is 5.95. The van der Waals surface area contributed by atoms with Crippen molar-refractivity contribution in [3.63, 3.8) is 0 Å².